The quantitative estimate of drug-likeness (QED) is 0.887. The largest absolute Gasteiger partial charge is 0.481 e. The maximum atomic E-state index is 11.7. The van der Waals surface area contributed by atoms with Crippen LogP contribution in [0.2, 0.25) is 0 Å². The lowest BCUT2D eigenvalue weighted by Crippen LogP contribution is -2.17. The lowest BCUT2D eigenvalue weighted by molar-refractivity contribution is -0.138. The van der Waals surface area contributed by atoms with Crippen molar-refractivity contribution in [2.75, 3.05) is 0 Å². The molecule has 0 saturated carbocycles. The van der Waals surface area contributed by atoms with Gasteiger partial charge in [0.1, 0.15) is 0 Å². The van der Waals surface area contributed by atoms with E-state index < -0.39 is 11.9 Å². The van der Waals surface area contributed by atoms with Gasteiger partial charge in [-0.25, -0.2) is 0 Å². The van der Waals surface area contributed by atoms with Gasteiger partial charge in [-0.15, -0.1) is 0 Å². The highest BCUT2D eigenvalue weighted by molar-refractivity contribution is 5.76. The van der Waals surface area contributed by atoms with Gasteiger partial charge in [0.15, 0.2) is 0 Å². The molecule has 1 aromatic carbocycles. The molecule has 112 valence electrons. The van der Waals surface area contributed by atoms with Crippen molar-refractivity contribution >= 4 is 5.97 Å². The van der Waals surface area contributed by atoms with Crippen LogP contribution >= 0.6 is 0 Å². The third-order valence-electron chi connectivity index (χ3n) is 3.73. The Bertz CT molecular complexity index is 631. The molecule has 2 rings (SSSR count). The lowest BCUT2D eigenvalue weighted by atomic mass is 9.93. The maximum Gasteiger partial charge on any atom is 0.311 e. The Morgan fingerprint density at radius 3 is 2.67 bits per heavy atom. The summed E-state index contributed by atoms with van der Waals surface area (Å²) in [5, 5.41) is 14.1. The molecule has 0 amide bonds. The Hall–Kier alpha value is -2.10. The molecule has 0 aliphatic rings. The van der Waals surface area contributed by atoms with E-state index in [0.717, 1.165) is 35.5 Å². The highest BCUT2D eigenvalue weighted by Gasteiger charge is 2.22. The molecule has 4 heteroatoms. The molecule has 0 aliphatic heterocycles. The van der Waals surface area contributed by atoms with E-state index in [1.54, 1.807) is 0 Å². The van der Waals surface area contributed by atoms with Gasteiger partial charge in [-0.3, -0.25) is 9.48 Å². The second-order valence-corrected chi connectivity index (χ2v) is 5.31. The Balaban J connectivity index is 2.32. The first kappa shape index (κ1) is 15.3. The first-order valence-electron chi connectivity index (χ1n) is 7.40. The predicted molar refractivity (Wildman–Crippen MR) is 82.5 cm³/mol. The zero-order valence-electron chi connectivity index (χ0n) is 12.8. The zero-order chi connectivity index (χ0) is 15.4. The van der Waals surface area contributed by atoms with E-state index in [9.17, 15) is 9.90 Å². The number of aliphatic carboxylic acids is 1. The summed E-state index contributed by atoms with van der Waals surface area (Å²) in [4.78, 5) is 11.7. The molecule has 0 radical (unpaired) electrons. The number of carboxylic acids is 1. The summed E-state index contributed by atoms with van der Waals surface area (Å²) in [5.41, 5.74) is 3.94. The summed E-state index contributed by atoms with van der Waals surface area (Å²) in [6.45, 7) is 6.82. The van der Waals surface area contributed by atoms with E-state index in [1.165, 1.54) is 0 Å². The third kappa shape index (κ3) is 3.51. The van der Waals surface area contributed by atoms with E-state index in [-0.39, 0.29) is 0 Å². The molecule has 1 atom stereocenters. The Morgan fingerprint density at radius 1 is 1.33 bits per heavy atom. The molecule has 0 bridgehead atoms. The smallest absolute Gasteiger partial charge is 0.311 e. The van der Waals surface area contributed by atoms with Crippen LogP contribution in [0.5, 0.6) is 0 Å². The van der Waals surface area contributed by atoms with Gasteiger partial charge in [-0.1, -0.05) is 36.8 Å². The first-order valence-corrected chi connectivity index (χ1v) is 7.40. The maximum absolute atomic E-state index is 11.7. The second kappa shape index (κ2) is 6.57. The molecule has 1 heterocycles. The van der Waals surface area contributed by atoms with Crippen molar-refractivity contribution in [1.82, 2.24) is 9.78 Å². The van der Waals surface area contributed by atoms with Crippen molar-refractivity contribution in [3.8, 4) is 0 Å². The Kier molecular flexibility index (Phi) is 4.78. The molecule has 0 saturated heterocycles. The van der Waals surface area contributed by atoms with E-state index in [1.807, 2.05) is 48.9 Å². The summed E-state index contributed by atoms with van der Waals surface area (Å²) in [6.07, 6.45) is 1.34. The van der Waals surface area contributed by atoms with Crippen LogP contribution in [-0.2, 0) is 24.2 Å². The fraction of sp³-hybridized carbons (Fsp3) is 0.412. The molecule has 1 N–H and O–H groups in total. The van der Waals surface area contributed by atoms with Gasteiger partial charge >= 0.3 is 5.97 Å². The van der Waals surface area contributed by atoms with Crippen molar-refractivity contribution in [1.29, 1.82) is 0 Å². The van der Waals surface area contributed by atoms with E-state index >= 15 is 0 Å². The summed E-state index contributed by atoms with van der Waals surface area (Å²) in [6, 6.07) is 9.75. The number of aromatic nitrogens is 2. The minimum absolute atomic E-state index is 0.472. The van der Waals surface area contributed by atoms with Crippen LogP contribution in [0.15, 0.2) is 30.3 Å². The van der Waals surface area contributed by atoms with Gasteiger partial charge in [0.05, 0.1) is 11.6 Å². The Labute approximate surface area is 125 Å². The van der Waals surface area contributed by atoms with E-state index in [4.69, 9.17) is 0 Å². The number of rotatable bonds is 6. The van der Waals surface area contributed by atoms with Crippen LogP contribution in [0, 0.1) is 6.92 Å². The number of carbonyl (C=O) groups is 1. The summed E-state index contributed by atoms with van der Waals surface area (Å²) in [5.74, 6) is -1.32. The van der Waals surface area contributed by atoms with Crippen LogP contribution < -0.4 is 0 Å². The Morgan fingerprint density at radius 2 is 2.10 bits per heavy atom. The van der Waals surface area contributed by atoms with Crippen molar-refractivity contribution < 1.29 is 9.90 Å². The zero-order valence-corrected chi connectivity index (χ0v) is 12.8. The van der Waals surface area contributed by atoms with Crippen molar-refractivity contribution in [2.24, 2.45) is 0 Å². The normalized spacial score (nSPS) is 12.3. The topological polar surface area (TPSA) is 55.1 Å². The third-order valence-corrected chi connectivity index (χ3v) is 3.73. The van der Waals surface area contributed by atoms with Crippen LogP contribution in [-0.4, -0.2) is 20.9 Å². The van der Waals surface area contributed by atoms with E-state index in [2.05, 4.69) is 12.0 Å². The second-order valence-electron chi connectivity index (χ2n) is 5.31. The number of benzene rings is 1. The van der Waals surface area contributed by atoms with Crippen molar-refractivity contribution in [2.45, 2.75) is 46.1 Å². The average molecular weight is 286 g/mol. The summed E-state index contributed by atoms with van der Waals surface area (Å²) in [7, 11) is 0. The first-order chi connectivity index (χ1) is 10.0. The molecule has 0 spiro atoms. The molecule has 1 unspecified atom stereocenters. The monoisotopic (exact) mass is 286 g/mol. The highest BCUT2D eigenvalue weighted by Crippen LogP contribution is 2.23. The fourth-order valence-corrected chi connectivity index (χ4v) is 2.57. The lowest BCUT2D eigenvalue weighted by Gasteiger charge is -2.14. The SMILES string of the molecule is CCc1cc(CC(C(=O)O)c2cccc(C)c2)n(CC)n1. The van der Waals surface area contributed by atoms with Crippen LogP contribution in [0.3, 0.4) is 0 Å². The minimum atomic E-state index is -0.789. The molecule has 0 aliphatic carbocycles. The van der Waals surface area contributed by atoms with Crippen LogP contribution in [0.1, 0.15) is 42.3 Å². The van der Waals surface area contributed by atoms with Crippen molar-refractivity contribution in [3.05, 3.63) is 52.8 Å². The van der Waals surface area contributed by atoms with Crippen LogP contribution in [0.25, 0.3) is 0 Å². The highest BCUT2D eigenvalue weighted by atomic mass is 16.4. The molecular weight excluding hydrogens is 264 g/mol. The molecule has 2 aromatic rings. The van der Waals surface area contributed by atoms with Gasteiger partial charge in [-0.2, -0.15) is 5.10 Å². The van der Waals surface area contributed by atoms with Crippen LogP contribution in [0.4, 0.5) is 0 Å². The molecule has 21 heavy (non-hydrogen) atoms. The number of nitrogens with zero attached hydrogens (tertiary/aromatic N) is 2. The van der Waals surface area contributed by atoms with Gasteiger partial charge in [0.2, 0.25) is 0 Å². The number of aryl methyl sites for hydroxylation is 3. The molecule has 4 nitrogen and oxygen atoms in total. The fourth-order valence-electron chi connectivity index (χ4n) is 2.57. The number of hydrogen-bond acceptors (Lipinski definition) is 2. The van der Waals surface area contributed by atoms with Gasteiger partial charge in [-0.05, 0) is 31.9 Å². The van der Waals surface area contributed by atoms with E-state index in [0.29, 0.717) is 6.42 Å². The standard InChI is InChI=1S/C17H22N2O2/c1-4-14-10-15(19(5-2)18-14)11-16(17(20)21)13-8-6-7-12(3)9-13/h6-10,16H,4-5,11H2,1-3H3,(H,20,21). The van der Waals surface area contributed by atoms with Crippen molar-refractivity contribution in [3.63, 3.8) is 0 Å². The summed E-state index contributed by atoms with van der Waals surface area (Å²) < 4.78 is 1.91. The predicted octanol–water partition coefficient (Wildman–Crippen LogP) is 3.18. The van der Waals surface area contributed by atoms with Gasteiger partial charge < -0.3 is 5.11 Å². The number of hydrogen-bond donors (Lipinski definition) is 1. The van der Waals surface area contributed by atoms with Gasteiger partial charge in [0.25, 0.3) is 0 Å². The minimum Gasteiger partial charge on any atom is -0.481 e. The summed E-state index contributed by atoms with van der Waals surface area (Å²) >= 11 is 0. The molecular formula is C17H22N2O2. The average Bonchev–Trinajstić information content (AvgIpc) is 2.86. The molecule has 0 fully saturated rings. The molecule has 1 aromatic heterocycles. The van der Waals surface area contributed by atoms with Gasteiger partial charge in [0, 0.05) is 18.7 Å². The number of carboxylic acid groups (broad SMARTS) is 1.